The van der Waals surface area contributed by atoms with Gasteiger partial charge in [-0.2, -0.15) is 0 Å². The summed E-state index contributed by atoms with van der Waals surface area (Å²) in [7, 11) is 0. The summed E-state index contributed by atoms with van der Waals surface area (Å²) < 4.78 is 13.8. The summed E-state index contributed by atoms with van der Waals surface area (Å²) in [5, 5.41) is 0. The van der Waals surface area contributed by atoms with Crippen molar-refractivity contribution in [3.8, 4) is 0 Å². The lowest BCUT2D eigenvalue weighted by Gasteiger charge is -2.03. The van der Waals surface area contributed by atoms with Gasteiger partial charge in [-0.15, -0.1) is 11.6 Å². The van der Waals surface area contributed by atoms with Gasteiger partial charge in [0.2, 0.25) is 0 Å². The normalized spacial score (nSPS) is 10.4. The van der Waals surface area contributed by atoms with Crippen LogP contribution in [0.2, 0.25) is 0 Å². The van der Waals surface area contributed by atoms with Crippen molar-refractivity contribution in [3.63, 3.8) is 0 Å². The summed E-state index contributed by atoms with van der Waals surface area (Å²) in [4.78, 5) is 0. The summed E-state index contributed by atoms with van der Waals surface area (Å²) in [6.07, 6.45) is 2.86. The fourth-order valence-corrected chi connectivity index (χ4v) is 1.78. The Bertz CT molecular complexity index is 276. The summed E-state index contributed by atoms with van der Waals surface area (Å²) in [5.74, 6) is 0.497. The lowest BCUT2D eigenvalue weighted by atomic mass is 10.1. The number of halogens is 3. The maximum Gasteiger partial charge on any atom is 0.123 e. The molecule has 0 aliphatic heterocycles. The van der Waals surface area contributed by atoms with E-state index in [-0.39, 0.29) is 5.82 Å². The van der Waals surface area contributed by atoms with E-state index in [0.29, 0.717) is 5.88 Å². The van der Waals surface area contributed by atoms with Crippen molar-refractivity contribution in [2.75, 3.05) is 5.88 Å². The van der Waals surface area contributed by atoms with E-state index in [1.165, 1.54) is 6.07 Å². The molecule has 0 spiro atoms. The highest BCUT2D eigenvalue weighted by Gasteiger charge is 2.00. The van der Waals surface area contributed by atoms with Crippen LogP contribution in [0.5, 0.6) is 0 Å². The molecular formula is C10H11BrClF. The van der Waals surface area contributed by atoms with Crippen molar-refractivity contribution in [2.45, 2.75) is 19.3 Å². The molecule has 0 amide bonds. The van der Waals surface area contributed by atoms with Crippen LogP contribution < -0.4 is 0 Å². The highest BCUT2D eigenvalue weighted by atomic mass is 79.9. The van der Waals surface area contributed by atoms with Gasteiger partial charge in [0.25, 0.3) is 0 Å². The predicted octanol–water partition coefficient (Wildman–Crippen LogP) is 4.15. The summed E-state index contributed by atoms with van der Waals surface area (Å²) >= 11 is 8.94. The molecule has 13 heavy (non-hydrogen) atoms. The first-order valence-electron chi connectivity index (χ1n) is 4.24. The molecule has 0 radical (unpaired) electrons. The number of rotatable bonds is 4. The molecule has 3 heteroatoms. The average Bonchev–Trinajstić information content (AvgIpc) is 2.11. The molecule has 1 rings (SSSR count). The molecule has 0 atom stereocenters. The molecule has 1 aromatic rings. The lowest BCUT2D eigenvalue weighted by Crippen LogP contribution is -1.89. The van der Waals surface area contributed by atoms with Crippen LogP contribution in [-0.2, 0) is 6.42 Å². The van der Waals surface area contributed by atoms with E-state index in [0.717, 1.165) is 29.3 Å². The molecule has 1 aromatic carbocycles. The third-order valence-corrected chi connectivity index (χ3v) is 2.88. The minimum Gasteiger partial charge on any atom is -0.207 e. The molecule has 0 aliphatic carbocycles. The SMILES string of the molecule is Fc1ccc(Br)c(CCCCCl)c1. The van der Waals surface area contributed by atoms with Crippen molar-refractivity contribution in [2.24, 2.45) is 0 Å². The quantitative estimate of drug-likeness (QED) is 0.567. The van der Waals surface area contributed by atoms with Crippen LogP contribution in [0.3, 0.4) is 0 Å². The van der Waals surface area contributed by atoms with Gasteiger partial charge < -0.3 is 0 Å². The van der Waals surface area contributed by atoms with Crippen LogP contribution in [-0.4, -0.2) is 5.88 Å². The largest absolute Gasteiger partial charge is 0.207 e. The van der Waals surface area contributed by atoms with Gasteiger partial charge in [-0.05, 0) is 43.0 Å². The van der Waals surface area contributed by atoms with Crippen LogP contribution in [0.15, 0.2) is 22.7 Å². The van der Waals surface area contributed by atoms with Crippen molar-refractivity contribution < 1.29 is 4.39 Å². The number of benzene rings is 1. The second-order valence-corrected chi connectivity index (χ2v) is 4.11. The maximum atomic E-state index is 12.8. The van der Waals surface area contributed by atoms with Crippen LogP contribution in [0.1, 0.15) is 18.4 Å². The van der Waals surface area contributed by atoms with Crippen LogP contribution in [0, 0.1) is 5.82 Å². The second-order valence-electron chi connectivity index (χ2n) is 2.88. The first-order chi connectivity index (χ1) is 6.24. The molecule has 0 saturated heterocycles. The van der Waals surface area contributed by atoms with Gasteiger partial charge in [0, 0.05) is 10.4 Å². The fraction of sp³-hybridized carbons (Fsp3) is 0.400. The summed E-state index contributed by atoms with van der Waals surface area (Å²) in [6, 6.07) is 4.76. The van der Waals surface area contributed by atoms with Gasteiger partial charge in [-0.25, -0.2) is 4.39 Å². The highest BCUT2D eigenvalue weighted by Crippen LogP contribution is 2.19. The highest BCUT2D eigenvalue weighted by molar-refractivity contribution is 9.10. The third-order valence-electron chi connectivity index (χ3n) is 1.84. The number of alkyl halides is 1. The Hall–Kier alpha value is -0.0800. The smallest absolute Gasteiger partial charge is 0.123 e. The zero-order valence-corrected chi connectivity index (χ0v) is 9.54. The Morgan fingerprint density at radius 2 is 2.08 bits per heavy atom. The summed E-state index contributed by atoms with van der Waals surface area (Å²) in [5.41, 5.74) is 1.02. The molecule has 72 valence electrons. The minimum atomic E-state index is -0.177. The Labute approximate surface area is 91.2 Å². The van der Waals surface area contributed by atoms with Gasteiger partial charge >= 0.3 is 0 Å². The number of unbranched alkanes of at least 4 members (excludes halogenated alkanes) is 1. The molecule has 0 N–H and O–H groups in total. The Morgan fingerprint density at radius 3 is 2.77 bits per heavy atom. The van der Waals surface area contributed by atoms with Crippen LogP contribution in [0.4, 0.5) is 4.39 Å². The van der Waals surface area contributed by atoms with E-state index in [9.17, 15) is 4.39 Å². The van der Waals surface area contributed by atoms with Crippen LogP contribution in [0.25, 0.3) is 0 Å². The zero-order chi connectivity index (χ0) is 9.68. The Balaban J connectivity index is 2.59. The van der Waals surface area contributed by atoms with E-state index in [2.05, 4.69) is 15.9 Å². The topological polar surface area (TPSA) is 0 Å². The lowest BCUT2D eigenvalue weighted by molar-refractivity contribution is 0.623. The summed E-state index contributed by atoms with van der Waals surface area (Å²) in [6.45, 7) is 0. The van der Waals surface area contributed by atoms with E-state index in [1.807, 2.05) is 0 Å². The van der Waals surface area contributed by atoms with E-state index in [4.69, 9.17) is 11.6 Å². The van der Waals surface area contributed by atoms with Crippen LogP contribution >= 0.6 is 27.5 Å². The molecule has 0 heterocycles. The molecular weight excluding hydrogens is 254 g/mol. The standard InChI is InChI=1S/C10H11BrClF/c11-10-5-4-9(13)7-8(10)3-1-2-6-12/h4-5,7H,1-3,6H2. The van der Waals surface area contributed by atoms with Crippen molar-refractivity contribution in [3.05, 3.63) is 34.1 Å². The number of hydrogen-bond donors (Lipinski definition) is 0. The molecule has 0 saturated carbocycles. The molecule has 0 aromatic heterocycles. The van der Waals surface area contributed by atoms with E-state index in [1.54, 1.807) is 12.1 Å². The van der Waals surface area contributed by atoms with Crippen molar-refractivity contribution >= 4 is 27.5 Å². The molecule has 0 nitrogen and oxygen atoms in total. The molecule has 0 bridgehead atoms. The van der Waals surface area contributed by atoms with Crippen molar-refractivity contribution in [1.29, 1.82) is 0 Å². The van der Waals surface area contributed by atoms with Gasteiger partial charge in [0.15, 0.2) is 0 Å². The minimum absolute atomic E-state index is 0.177. The Morgan fingerprint density at radius 1 is 1.31 bits per heavy atom. The number of aryl methyl sites for hydroxylation is 1. The molecule has 0 unspecified atom stereocenters. The van der Waals surface area contributed by atoms with Gasteiger partial charge in [0.05, 0.1) is 0 Å². The third kappa shape index (κ3) is 3.65. The van der Waals surface area contributed by atoms with Crippen molar-refractivity contribution in [1.82, 2.24) is 0 Å². The first-order valence-corrected chi connectivity index (χ1v) is 5.56. The fourth-order valence-electron chi connectivity index (χ4n) is 1.14. The average molecular weight is 266 g/mol. The van der Waals surface area contributed by atoms with Gasteiger partial charge in [-0.3, -0.25) is 0 Å². The Kier molecular flexibility index (Phi) is 4.74. The first kappa shape index (κ1) is 11.0. The van der Waals surface area contributed by atoms with Gasteiger partial charge in [0.1, 0.15) is 5.82 Å². The monoisotopic (exact) mass is 264 g/mol. The predicted molar refractivity (Wildman–Crippen MR) is 57.8 cm³/mol. The molecule has 0 fully saturated rings. The van der Waals surface area contributed by atoms with E-state index < -0.39 is 0 Å². The molecule has 0 aliphatic rings. The van der Waals surface area contributed by atoms with E-state index >= 15 is 0 Å². The van der Waals surface area contributed by atoms with Gasteiger partial charge in [-0.1, -0.05) is 15.9 Å². The maximum absolute atomic E-state index is 12.8. The zero-order valence-electron chi connectivity index (χ0n) is 7.19. The number of hydrogen-bond acceptors (Lipinski definition) is 0. The second kappa shape index (κ2) is 5.61.